The average Bonchev–Trinajstić information content (AvgIpc) is 2.84. The van der Waals surface area contributed by atoms with E-state index in [2.05, 4.69) is 5.48 Å². The maximum atomic E-state index is 13.8. The molecule has 4 heteroatoms. The first kappa shape index (κ1) is 10.2. The first-order valence-corrected chi connectivity index (χ1v) is 5.47. The molecule has 2 heterocycles. The van der Waals surface area contributed by atoms with Crippen LogP contribution in [0.25, 0.3) is 0 Å². The lowest BCUT2D eigenvalue weighted by molar-refractivity contribution is -0.0126. The third-order valence-corrected chi connectivity index (χ3v) is 3.63. The van der Waals surface area contributed by atoms with Crippen molar-refractivity contribution in [3.63, 3.8) is 0 Å². The molecule has 0 unspecified atom stereocenters. The zero-order valence-corrected chi connectivity index (χ0v) is 9.07. The molecule has 0 aromatic heterocycles. The van der Waals surface area contributed by atoms with Crippen LogP contribution in [-0.4, -0.2) is 19.3 Å². The van der Waals surface area contributed by atoms with Gasteiger partial charge in [-0.05, 0) is 13.0 Å². The molecule has 0 amide bonds. The number of halogens is 1. The molecule has 2 aliphatic rings. The number of benzene rings is 1. The van der Waals surface area contributed by atoms with E-state index < -0.39 is 5.54 Å². The second kappa shape index (κ2) is 3.52. The fourth-order valence-corrected chi connectivity index (χ4v) is 2.60. The summed E-state index contributed by atoms with van der Waals surface area (Å²) < 4.78 is 19.2. The van der Waals surface area contributed by atoms with Crippen LogP contribution in [0.5, 0.6) is 0 Å². The lowest BCUT2D eigenvalue weighted by atomic mass is 9.79. The first-order valence-electron chi connectivity index (χ1n) is 5.47. The van der Waals surface area contributed by atoms with E-state index in [9.17, 15) is 4.39 Å². The Balaban J connectivity index is 2.02. The highest BCUT2D eigenvalue weighted by atomic mass is 19.1. The molecule has 0 aliphatic carbocycles. The van der Waals surface area contributed by atoms with E-state index in [1.807, 2.05) is 13.0 Å². The number of hydrogen-bond acceptors (Lipinski definition) is 3. The van der Waals surface area contributed by atoms with Crippen molar-refractivity contribution in [2.45, 2.75) is 18.6 Å². The number of hydroxylamine groups is 1. The van der Waals surface area contributed by atoms with Gasteiger partial charge in [-0.15, -0.1) is 0 Å². The van der Waals surface area contributed by atoms with Gasteiger partial charge in [-0.1, -0.05) is 18.2 Å². The Morgan fingerprint density at radius 2 is 2.19 bits per heavy atom. The van der Waals surface area contributed by atoms with E-state index >= 15 is 0 Å². The number of ether oxygens (including phenoxy) is 1. The van der Waals surface area contributed by atoms with Crippen LogP contribution in [0.1, 0.15) is 12.5 Å². The summed E-state index contributed by atoms with van der Waals surface area (Å²) in [5.41, 5.74) is 3.12. The standard InChI is InChI=1S/C12H14FNO2/c1-12(8-4-2-3-5-10(8)13)9-6-15-7-11(9)16-14-12/h2-5,9,11,14H,6-7H2,1H3/t9-,11+,12+/m0/s1. The van der Waals surface area contributed by atoms with Gasteiger partial charge < -0.3 is 4.74 Å². The van der Waals surface area contributed by atoms with Crippen molar-refractivity contribution in [1.82, 2.24) is 5.48 Å². The fraction of sp³-hybridized carbons (Fsp3) is 0.500. The molecule has 2 aliphatic heterocycles. The third kappa shape index (κ3) is 1.30. The maximum absolute atomic E-state index is 13.8. The van der Waals surface area contributed by atoms with Crippen LogP contribution in [-0.2, 0) is 15.1 Å². The van der Waals surface area contributed by atoms with Gasteiger partial charge in [0.05, 0.1) is 18.8 Å². The minimum Gasteiger partial charge on any atom is -0.378 e. The van der Waals surface area contributed by atoms with Gasteiger partial charge in [0, 0.05) is 11.5 Å². The molecule has 2 fully saturated rings. The second-order valence-electron chi connectivity index (χ2n) is 4.58. The Morgan fingerprint density at radius 1 is 1.38 bits per heavy atom. The third-order valence-electron chi connectivity index (χ3n) is 3.63. The summed E-state index contributed by atoms with van der Waals surface area (Å²) in [6.45, 7) is 3.16. The molecule has 0 radical (unpaired) electrons. The van der Waals surface area contributed by atoms with E-state index in [0.29, 0.717) is 18.8 Å². The van der Waals surface area contributed by atoms with Gasteiger partial charge in [0.1, 0.15) is 11.9 Å². The quantitative estimate of drug-likeness (QED) is 0.784. The van der Waals surface area contributed by atoms with Crippen molar-refractivity contribution in [3.05, 3.63) is 35.6 Å². The van der Waals surface area contributed by atoms with E-state index in [4.69, 9.17) is 9.57 Å². The predicted molar refractivity (Wildman–Crippen MR) is 56.1 cm³/mol. The zero-order chi connectivity index (χ0) is 11.2. The highest BCUT2D eigenvalue weighted by Gasteiger charge is 2.51. The smallest absolute Gasteiger partial charge is 0.128 e. The predicted octanol–water partition coefficient (Wildman–Crippen LogP) is 1.59. The molecular formula is C12H14FNO2. The van der Waals surface area contributed by atoms with Crippen LogP contribution in [0.4, 0.5) is 4.39 Å². The Kier molecular flexibility index (Phi) is 2.24. The van der Waals surface area contributed by atoms with Crippen LogP contribution >= 0.6 is 0 Å². The fourth-order valence-electron chi connectivity index (χ4n) is 2.60. The van der Waals surface area contributed by atoms with Gasteiger partial charge in [-0.2, -0.15) is 5.48 Å². The number of hydrogen-bond donors (Lipinski definition) is 1. The molecular weight excluding hydrogens is 209 g/mol. The summed E-state index contributed by atoms with van der Waals surface area (Å²) in [5, 5.41) is 0. The lowest BCUT2D eigenvalue weighted by Gasteiger charge is -2.28. The summed E-state index contributed by atoms with van der Waals surface area (Å²) in [6.07, 6.45) is 0.0320. The second-order valence-corrected chi connectivity index (χ2v) is 4.58. The number of nitrogens with one attached hydrogen (secondary N) is 1. The van der Waals surface area contributed by atoms with Crippen molar-refractivity contribution < 1.29 is 14.0 Å². The Bertz CT molecular complexity index is 412. The normalized spacial score (nSPS) is 37.6. The van der Waals surface area contributed by atoms with Crippen molar-refractivity contribution in [2.75, 3.05) is 13.2 Å². The summed E-state index contributed by atoms with van der Waals surface area (Å²) in [7, 11) is 0. The van der Waals surface area contributed by atoms with E-state index in [-0.39, 0.29) is 17.8 Å². The minimum absolute atomic E-state index is 0.0320. The molecule has 0 bridgehead atoms. The first-order chi connectivity index (χ1) is 7.72. The van der Waals surface area contributed by atoms with Crippen LogP contribution in [0.15, 0.2) is 24.3 Å². The van der Waals surface area contributed by atoms with E-state index in [1.54, 1.807) is 12.1 Å². The summed E-state index contributed by atoms with van der Waals surface area (Å²) in [6, 6.07) is 6.81. The molecule has 16 heavy (non-hydrogen) atoms. The van der Waals surface area contributed by atoms with E-state index in [1.165, 1.54) is 6.07 Å². The molecule has 3 nitrogen and oxygen atoms in total. The number of fused-ring (bicyclic) bond motifs is 1. The molecule has 3 rings (SSSR count). The lowest BCUT2D eigenvalue weighted by Crippen LogP contribution is -2.40. The van der Waals surface area contributed by atoms with Crippen LogP contribution in [0.2, 0.25) is 0 Å². The van der Waals surface area contributed by atoms with Crippen molar-refractivity contribution in [2.24, 2.45) is 5.92 Å². The van der Waals surface area contributed by atoms with Gasteiger partial charge in [0.2, 0.25) is 0 Å². The number of rotatable bonds is 1. The molecule has 1 N–H and O–H groups in total. The monoisotopic (exact) mass is 223 g/mol. The zero-order valence-electron chi connectivity index (χ0n) is 9.07. The Morgan fingerprint density at radius 3 is 3.00 bits per heavy atom. The SMILES string of the molecule is C[C@]1(c2ccccc2F)NO[C@@H]2COC[C@@H]21. The molecule has 0 spiro atoms. The average molecular weight is 223 g/mol. The molecule has 2 saturated heterocycles. The van der Waals surface area contributed by atoms with Gasteiger partial charge in [0.15, 0.2) is 0 Å². The molecule has 86 valence electrons. The van der Waals surface area contributed by atoms with Gasteiger partial charge >= 0.3 is 0 Å². The molecule has 1 aromatic carbocycles. The Hall–Kier alpha value is -0.970. The summed E-state index contributed by atoms with van der Waals surface area (Å²) in [4.78, 5) is 5.46. The van der Waals surface area contributed by atoms with Gasteiger partial charge in [0.25, 0.3) is 0 Å². The van der Waals surface area contributed by atoms with Crippen LogP contribution < -0.4 is 5.48 Å². The summed E-state index contributed by atoms with van der Waals surface area (Å²) in [5.74, 6) is -0.0296. The molecule has 1 aromatic rings. The van der Waals surface area contributed by atoms with Crippen LogP contribution in [0.3, 0.4) is 0 Å². The maximum Gasteiger partial charge on any atom is 0.128 e. The largest absolute Gasteiger partial charge is 0.378 e. The van der Waals surface area contributed by atoms with Crippen molar-refractivity contribution >= 4 is 0 Å². The topological polar surface area (TPSA) is 30.5 Å². The van der Waals surface area contributed by atoms with E-state index in [0.717, 1.165) is 0 Å². The van der Waals surface area contributed by atoms with Crippen molar-refractivity contribution in [3.8, 4) is 0 Å². The van der Waals surface area contributed by atoms with Gasteiger partial charge in [-0.25, -0.2) is 4.39 Å². The van der Waals surface area contributed by atoms with Crippen LogP contribution in [0, 0.1) is 11.7 Å². The van der Waals surface area contributed by atoms with Gasteiger partial charge in [-0.3, -0.25) is 4.84 Å². The summed E-state index contributed by atoms with van der Waals surface area (Å²) >= 11 is 0. The Labute approximate surface area is 93.5 Å². The highest BCUT2D eigenvalue weighted by molar-refractivity contribution is 5.28. The highest BCUT2D eigenvalue weighted by Crippen LogP contribution is 2.41. The molecule has 0 saturated carbocycles. The molecule has 3 atom stereocenters. The minimum atomic E-state index is -0.494. The van der Waals surface area contributed by atoms with Crippen molar-refractivity contribution in [1.29, 1.82) is 0 Å².